The third-order valence-corrected chi connectivity index (χ3v) is 8.17. The molecular weight excluding hydrogens is 518 g/mol. The molecule has 208 valence electrons. The maximum atomic E-state index is 13.7. The third kappa shape index (κ3) is 3.96. The number of benzene rings is 1. The number of carbonyl (C=O) groups excluding carboxylic acids is 4. The number of carbonyl (C=O) groups is 4. The predicted molar refractivity (Wildman–Crippen MR) is 141 cm³/mol. The molecule has 0 unspecified atom stereocenters. The largest absolute Gasteiger partial charge is 0.508 e. The normalized spacial score (nSPS) is 24.0. The summed E-state index contributed by atoms with van der Waals surface area (Å²) in [5.74, 6) is -7.32. The van der Waals surface area contributed by atoms with Gasteiger partial charge in [-0.3, -0.25) is 24.2 Å². The summed E-state index contributed by atoms with van der Waals surface area (Å²) < 4.78 is 0. The average molecular weight is 548 g/mol. The smallest absolute Gasteiger partial charge is 0.255 e. The van der Waals surface area contributed by atoms with E-state index in [9.17, 15) is 39.6 Å². The van der Waals surface area contributed by atoms with Crippen molar-refractivity contribution in [3.8, 4) is 5.75 Å². The van der Waals surface area contributed by atoms with E-state index < -0.39 is 58.4 Å². The van der Waals surface area contributed by atoms with E-state index in [4.69, 9.17) is 5.73 Å². The van der Waals surface area contributed by atoms with Crippen molar-refractivity contribution in [1.82, 2.24) is 10.3 Å². The van der Waals surface area contributed by atoms with E-state index in [1.165, 1.54) is 6.20 Å². The zero-order chi connectivity index (χ0) is 29.1. The van der Waals surface area contributed by atoms with Gasteiger partial charge in [0, 0.05) is 36.9 Å². The van der Waals surface area contributed by atoms with Crippen molar-refractivity contribution in [3.05, 3.63) is 75.3 Å². The van der Waals surface area contributed by atoms with Gasteiger partial charge in [-0.05, 0) is 59.6 Å². The van der Waals surface area contributed by atoms with Gasteiger partial charge in [0.25, 0.3) is 11.8 Å². The molecule has 11 nitrogen and oxygen atoms in total. The molecule has 2 amide bonds. The van der Waals surface area contributed by atoms with E-state index in [1.54, 1.807) is 24.4 Å². The van der Waals surface area contributed by atoms with Gasteiger partial charge in [-0.15, -0.1) is 0 Å². The second-order valence-corrected chi connectivity index (χ2v) is 10.8. The molecular formula is C29H29N3O8. The number of aromatic hydroxyl groups is 1. The van der Waals surface area contributed by atoms with Crippen molar-refractivity contribution in [2.75, 3.05) is 0 Å². The standard InChI is InChI=1S/C29H29N3O8/c1-12(2)17-8-15(11-32-28(39)13-4-3-5-31-10-13)18-7-14-6-16-9-19(33)22(27(30)38)26(37)29(16,40)25(36)20(14)24(35)21(18)23(17)34/h3-5,8,10,12,14,16,34-35,37,40H,6-7,9,11H2,1-2H3,(H2,30,38)(H,32,39)/t14-,16+,29+/m1/s1. The molecule has 3 aliphatic carbocycles. The minimum Gasteiger partial charge on any atom is -0.508 e. The highest BCUT2D eigenvalue weighted by molar-refractivity contribution is 6.22. The predicted octanol–water partition coefficient (Wildman–Crippen LogP) is 1.87. The number of ketones is 2. The summed E-state index contributed by atoms with van der Waals surface area (Å²) in [4.78, 5) is 54.8. The first-order chi connectivity index (χ1) is 18.9. The first kappa shape index (κ1) is 27.1. The van der Waals surface area contributed by atoms with Gasteiger partial charge in [-0.2, -0.15) is 0 Å². The zero-order valence-corrected chi connectivity index (χ0v) is 21.9. The number of pyridine rings is 1. The average Bonchev–Trinajstić information content (AvgIpc) is 2.90. The van der Waals surface area contributed by atoms with Gasteiger partial charge >= 0.3 is 0 Å². The molecule has 40 heavy (non-hydrogen) atoms. The Labute approximate surface area is 229 Å². The molecule has 0 radical (unpaired) electrons. The van der Waals surface area contributed by atoms with Crippen molar-refractivity contribution in [3.63, 3.8) is 0 Å². The summed E-state index contributed by atoms with van der Waals surface area (Å²) in [6.45, 7) is 3.72. The lowest BCUT2D eigenvalue weighted by atomic mass is 9.59. The topological polar surface area (TPSA) is 200 Å². The molecule has 1 aromatic heterocycles. The first-order valence-electron chi connectivity index (χ1n) is 12.9. The van der Waals surface area contributed by atoms with Crippen LogP contribution in [-0.2, 0) is 27.3 Å². The molecule has 11 heteroatoms. The van der Waals surface area contributed by atoms with Crippen LogP contribution in [0.2, 0.25) is 0 Å². The van der Waals surface area contributed by atoms with Crippen molar-refractivity contribution in [2.45, 2.75) is 51.2 Å². The summed E-state index contributed by atoms with van der Waals surface area (Å²) in [5, 5.41) is 47.6. The van der Waals surface area contributed by atoms with Gasteiger partial charge in [0.1, 0.15) is 22.8 Å². The number of hydrogen-bond acceptors (Lipinski definition) is 9. The molecule has 3 aliphatic rings. The molecule has 1 aromatic carbocycles. The Bertz CT molecular complexity index is 1540. The monoisotopic (exact) mass is 547 g/mol. The fraction of sp³-hybridized carbons (Fsp3) is 0.345. The Morgan fingerprint density at radius 3 is 2.55 bits per heavy atom. The van der Waals surface area contributed by atoms with Crippen LogP contribution in [-0.4, -0.2) is 54.4 Å². The van der Waals surface area contributed by atoms with E-state index in [1.807, 2.05) is 13.8 Å². The lowest BCUT2D eigenvalue weighted by Gasteiger charge is -2.46. The molecule has 1 heterocycles. The number of aliphatic hydroxyl groups excluding tert-OH is 2. The third-order valence-electron chi connectivity index (χ3n) is 8.17. The first-order valence-corrected chi connectivity index (χ1v) is 12.9. The van der Waals surface area contributed by atoms with Gasteiger partial charge in [-0.25, -0.2) is 0 Å². The van der Waals surface area contributed by atoms with Gasteiger partial charge in [0.15, 0.2) is 11.4 Å². The van der Waals surface area contributed by atoms with Crippen LogP contribution in [0.1, 0.15) is 65.2 Å². The van der Waals surface area contributed by atoms with E-state index >= 15 is 0 Å². The molecule has 3 atom stereocenters. The van der Waals surface area contributed by atoms with Crippen LogP contribution in [0, 0.1) is 11.8 Å². The Morgan fingerprint density at radius 2 is 1.93 bits per heavy atom. The molecule has 0 spiro atoms. The highest BCUT2D eigenvalue weighted by Crippen LogP contribution is 2.53. The number of aromatic nitrogens is 1. The molecule has 1 fully saturated rings. The maximum Gasteiger partial charge on any atom is 0.255 e. The number of nitrogens with two attached hydrogens (primary N) is 1. The fourth-order valence-electron chi connectivity index (χ4n) is 6.16. The second kappa shape index (κ2) is 9.60. The van der Waals surface area contributed by atoms with Crippen LogP contribution in [0.5, 0.6) is 5.75 Å². The number of Topliss-reactive ketones (excluding diaryl/α,β-unsaturated/α-hetero) is 2. The van der Waals surface area contributed by atoms with Crippen molar-refractivity contribution in [2.24, 2.45) is 17.6 Å². The lowest BCUT2D eigenvalue weighted by Crippen LogP contribution is -2.58. The molecule has 7 N–H and O–H groups in total. The molecule has 5 rings (SSSR count). The van der Waals surface area contributed by atoms with Crippen molar-refractivity contribution < 1.29 is 39.6 Å². The number of fused-ring (bicyclic) bond motifs is 3. The molecule has 1 saturated carbocycles. The van der Waals surface area contributed by atoms with Crippen LogP contribution in [0.3, 0.4) is 0 Å². The molecule has 0 bridgehead atoms. The number of phenolic OH excluding ortho intramolecular Hbond substituents is 1. The molecule has 0 aliphatic heterocycles. The quantitative estimate of drug-likeness (QED) is 0.302. The summed E-state index contributed by atoms with van der Waals surface area (Å²) in [6, 6.07) is 5.00. The fourth-order valence-corrected chi connectivity index (χ4v) is 6.16. The van der Waals surface area contributed by atoms with Crippen molar-refractivity contribution in [1.29, 1.82) is 0 Å². The van der Waals surface area contributed by atoms with Crippen LogP contribution in [0.25, 0.3) is 5.76 Å². The Morgan fingerprint density at radius 1 is 1.20 bits per heavy atom. The summed E-state index contributed by atoms with van der Waals surface area (Å²) in [5.41, 5.74) is 3.52. The van der Waals surface area contributed by atoms with Crippen LogP contribution in [0.4, 0.5) is 0 Å². The van der Waals surface area contributed by atoms with E-state index in [-0.39, 0.29) is 48.1 Å². The number of rotatable bonds is 5. The van der Waals surface area contributed by atoms with Gasteiger partial charge < -0.3 is 31.5 Å². The zero-order valence-electron chi connectivity index (χ0n) is 21.9. The number of amides is 2. The number of hydrogen-bond donors (Lipinski definition) is 6. The molecule has 2 aromatic rings. The second-order valence-electron chi connectivity index (χ2n) is 10.8. The highest BCUT2D eigenvalue weighted by atomic mass is 16.3. The highest BCUT2D eigenvalue weighted by Gasteiger charge is 2.60. The minimum absolute atomic E-state index is 0.00366. The minimum atomic E-state index is -2.62. The van der Waals surface area contributed by atoms with Gasteiger partial charge in [0.05, 0.1) is 11.1 Å². The van der Waals surface area contributed by atoms with E-state index in [2.05, 4.69) is 10.3 Å². The Kier molecular flexibility index (Phi) is 6.49. The number of nitrogens with zero attached hydrogens (tertiary/aromatic N) is 1. The molecule has 0 saturated heterocycles. The van der Waals surface area contributed by atoms with E-state index in [0.717, 1.165) is 0 Å². The number of phenols is 1. The van der Waals surface area contributed by atoms with Gasteiger partial charge in [-0.1, -0.05) is 13.8 Å². The van der Waals surface area contributed by atoms with Crippen LogP contribution in [0.15, 0.2) is 47.5 Å². The van der Waals surface area contributed by atoms with E-state index in [0.29, 0.717) is 22.3 Å². The SMILES string of the molecule is CC(C)c1cc(CNC(=O)c2cccnc2)c2c(c1O)C(O)=C1C(=O)[C@]3(O)C(O)=C(C(N)=O)C(=O)C[C@@H]3C[C@@H]1C2. The Balaban J connectivity index is 1.62. The number of primary amides is 1. The lowest BCUT2D eigenvalue weighted by molar-refractivity contribution is -0.147. The summed E-state index contributed by atoms with van der Waals surface area (Å²) >= 11 is 0. The number of aliphatic hydroxyl groups is 3. The maximum absolute atomic E-state index is 13.7. The van der Waals surface area contributed by atoms with Crippen LogP contribution < -0.4 is 11.1 Å². The summed E-state index contributed by atoms with van der Waals surface area (Å²) in [6.07, 6.45) is 2.75. The summed E-state index contributed by atoms with van der Waals surface area (Å²) in [7, 11) is 0. The van der Waals surface area contributed by atoms with Gasteiger partial charge in [0.2, 0.25) is 5.78 Å². The van der Waals surface area contributed by atoms with Crippen LogP contribution >= 0.6 is 0 Å². The van der Waals surface area contributed by atoms with Crippen molar-refractivity contribution >= 4 is 29.1 Å². The number of nitrogens with one attached hydrogen (secondary N) is 1. The Hall–Kier alpha value is -4.51.